The first-order valence-electron chi connectivity index (χ1n) is 4.10. The van der Waals surface area contributed by atoms with Crippen molar-refractivity contribution in [1.29, 1.82) is 0 Å². The van der Waals surface area contributed by atoms with Gasteiger partial charge in [0.05, 0.1) is 0 Å². The van der Waals surface area contributed by atoms with Crippen molar-refractivity contribution in [2.45, 2.75) is 0 Å². The summed E-state index contributed by atoms with van der Waals surface area (Å²) in [6, 6.07) is 8.99. The van der Waals surface area contributed by atoms with Gasteiger partial charge >= 0.3 is 0 Å². The molecule has 2 N–H and O–H groups in total. The van der Waals surface area contributed by atoms with Gasteiger partial charge in [-0.05, 0) is 18.2 Å². The number of hydrogen-bond donors (Lipinski definition) is 1. The van der Waals surface area contributed by atoms with Gasteiger partial charge in [0.2, 0.25) is 0 Å². The van der Waals surface area contributed by atoms with Gasteiger partial charge in [0.15, 0.2) is 5.82 Å². The quantitative estimate of drug-likeness (QED) is 0.778. The molecular formula is C10H8ClN3. The molecule has 0 aliphatic rings. The summed E-state index contributed by atoms with van der Waals surface area (Å²) in [6.07, 6.45) is 1.62. The number of aromatic nitrogens is 2. The smallest absolute Gasteiger partial charge is 0.161 e. The Morgan fingerprint density at radius 1 is 1.21 bits per heavy atom. The Morgan fingerprint density at radius 3 is 2.79 bits per heavy atom. The van der Waals surface area contributed by atoms with Crippen LogP contribution in [0.15, 0.2) is 36.5 Å². The Balaban J connectivity index is 2.49. The largest absolute Gasteiger partial charge is 0.384 e. The van der Waals surface area contributed by atoms with E-state index in [0.717, 1.165) is 5.56 Å². The SMILES string of the molecule is Nc1ccnc(-c2cccc(Cl)c2)n1. The van der Waals surface area contributed by atoms with Crippen molar-refractivity contribution in [3.8, 4) is 11.4 Å². The molecule has 1 aromatic carbocycles. The van der Waals surface area contributed by atoms with Gasteiger partial charge in [-0.15, -0.1) is 0 Å². The predicted molar refractivity (Wildman–Crippen MR) is 56.9 cm³/mol. The highest BCUT2D eigenvalue weighted by Gasteiger charge is 2.01. The van der Waals surface area contributed by atoms with Crippen LogP contribution in [0.1, 0.15) is 0 Å². The van der Waals surface area contributed by atoms with Gasteiger partial charge in [-0.25, -0.2) is 9.97 Å². The van der Waals surface area contributed by atoms with E-state index >= 15 is 0 Å². The van der Waals surface area contributed by atoms with Crippen LogP contribution in [0.3, 0.4) is 0 Å². The highest BCUT2D eigenvalue weighted by molar-refractivity contribution is 6.30. The van der Waals surface area contributed by atoms with Crippen LogP contribution >= 0.6 is 11.6 Å². The molecule has 2 rings (SSSR count). The van der Waals surface area contributed by atoms with Crippen molar-refractivity contribution in [2.75, 3.05) is 5.73 Å². The van der Waals surface area contributed by atoms with Crippen molar-refractivity contribution < 1.29 is 0 Å². The fraction of sp³-hybridized carbons (Fsp3) is 0. The van der Waals surface area contributed by atoms with E-state index in [-0.39, 0.29) is 0 Å². The van der Waals surface area contributed by atoms with Gasteiger partial charge in [0.1, 0.15) is 5.82 Å². The first kappa shape index (κ1) is 8.97. The summed E-state index contributed by atoms with van der Waals surface area (Å²) in [5, 5.41) is 0.661. The fourth-order valence-corrected chi connectivity index (χ4v) is 1.33. The average molecular weight is 206 g/mol. The Bertz CT molecular complexity index is 413. The number of nitrogen functional groups attached to an aromatic ring is 1. The molecule has 0 spiro atoms. The molecule has 0 unspecified atom stereocenters. The van der Waals surface area contributed by atoms with E-state index in [2.05, 4.69) is 9.97 Å². The third-order valence-electron chi connectivity index (χ3n) is 1.76. The van der Waals surface area contributed by atoms with Crippen LogP contribution in [0.4, 0.5) is 5.82 Å². The third kappa shape index (κ3) is 1.83. The van der Waals surface area contributed by atoms with Crippen LogP contribution in [0, 0.1) is 0 Å². The number of halogens is 1. The van der Waals surface area contributed by atoms with Crippen LogP contribution in [-0.2, 0) is 0 Å². The number of nitrogens with zero attached hydrogens (tertiary/aromatic N) is 2. The van der Waals surface area contributed by atoms with E-state index in [4.69, 9.17) is 17.3 Å². The molecule has 4 heteroatoms. The number of rotatable bonds is 1. The highest BCUT2D eigenvalue weighted by Crippen LogP contribution is 2.19. The standard InChI is InChI=1S/C10H8ClN3/c11-8-3-1-2-7(6-8)10-13-5-4-9(12)14-10/h1-6H,(H2,12,13,14). The Morgan fingerprint density at radius 2 is 2.07 bits per heavy atom. The molecular weight excluding hydrogens is 198 g/mol. The Hall–Kier alpha value is -1.61. The molecule has 0 saturated heterocycles. The molecule has 0 bridgehead atoms. The lowest BCUT2D eigenvalue weighted by Crippen LogP contribution is -1.94. The number of hydrogen-bond acceptors (Lipinski definition) is 3. The Kier molecular flexibility index (Phi) is 2.33. The maximum Gasteiger partial charge on any atom is 0.161 e. The van der Waals surface area contributed by atoms with Crippen molar-refractivity contribution in [3.63, 3.8) is 0 Å². The van der Waals surface area contributed by atoms with E-state index in [1.807, 2.05) is 12.1 Å². The molecule has 14 heavy (non-hydrogen) atoms. The van der Waals surface area contributed by atoms with Crippen LogP contribution in [-0.4, -0.2) is 9.97 Å². The van der Waals surface area contributed by atoms with Crippen molar-refractivity contribution in [2.24, 2.45) is 0 Å². The van der Waals surface area contributed by atoms with E-state index < -0.39 is 0 Å². The van der Waals surface area contributed by atoms with Gasteiger partial charge in [0.25, 0.3) is 0 Å². The zero-order valence-electron chi connectivity index (χ0n) is 7.31. The molecule has 0 fully saturated rings. The minimum Gasteiger partial charge on any atom is -0.384 e. The molecule has 2 aromatic rings. The lowest BCUT2D eigenvalue weighted by Gasteiger charge is -2.00. The number of anilines is 1. The molecule has 1 aromatic heterocycles. The van der Waals surface area contributed by atoms with Gasteiger partial charge in [-0.2, -0.15) is 0 Å². The third-order valence-corrected chi connectivity index (χ3v) is 2.00. The lowest BCUT2D eigenvalue weighted by molar-refractivity contribution is 1.18. The van der Waals surface area contributed by atoms with E-state index in [9.17, 15) is 0 Å². The van der Waals surface area contributed by atoms with E-state index in [1.54, 1.807) is 24.4 Å². The van der Waals surface area contributed by atoms with E-state index in [0.29, 0.717) is 16.7 Å². The monoisotopic (exact) mass is 205 g/mol. The minimum absolute atomic E-state index is 0.454. The summed E-state index contributed by atoms with van der Waals surface area (Å²) in [4.78, 5) is 8.19. The van der Waals surface area contributed by atoms with Gasteiger partial charge in [-0.1, -0.05) is 23.7 Å². The predicted octanol–water partition coefficient (Wildman–Crippen LogP) is 2.38. The summed E-state index contributed by atoms with van der Waals surface area (Å²) in [5.41, 5.74) is 6.42. The number of nitrogens with two attached hydrogens (primary N) is 1. The summed E-state index contributed by atoms with van der Waals surface area (Å²) in [5.74, 6) is 1.04. The summed E-state index contributed by atoms with van der Waals surface area (Å²) < 4.78 is 0. The maximum atomic E-state index is 5.85. The Labute approximate surface area is 86.6 Å². The van der Waals surface area contributed by atoms with Crippen molar-refractivity contribution in [3.05, 3.63) is 41.6 Å². The second kappa shape index (κ2) is 3.64. The van der Waals surface area contributed by atoms with Crippen LogP contribution < -0.4 is 5.73 Å². The molecule has 3 nitrogen and oxygen atoms in total. The molecule has 70 valence electrons. The van der Waals surface area contributed by atoms with Crippen molar-refractivity contribution in [1.82, 2.24) is 9.97 Å². The topological polar surface area (TPSA) is 51.8 Å². The summed E-state index contributed by atoms with van der Waals surface area (Å²) in [7, 11) is 0. The average Bonchev–Trinajstić information content (AvgIpc) is 2.18. The number of benzene rings is 1. The molecule has 0 radical (unpaired) electrons. The molecule has 1 heterocycles. The molecule has 0 amide bonds. The highest BCUT2D eigenvalue weighted by atomic mass is 35.5. The molecule has 0 atom stereocenters. The maximum absolute atomic E-state index is 5.85. The summed E-state index contributed by atoms with van der Waals surface area (Å²) >= 11 is 5.85. The van der Waals surface area contributed by atoms with Crippen LogP contribution in [0.2, 0.25) is 5.02 Å². The van der Waals surface area contributed by atoms with Crippen LogP contribution in [0.5, 0.6) is 0 Å². The first-order valence-corrected chi connectivity index (χ1v) is 4.48. The second-order valence-corrected chi connectivity index (χ2v) is 3.25. The second-order valence-electron chi connectivity index (χ2n) is 2.82. The van der Waals surface area contributed by atoms with Gasteiger partial charge in [0, 0.05) is 16.8 Å². The van der Waals surface area contributed by atoms with E-state index in [1.165, 1.54) is 0 Å². The zero-order valence-corrected chi connectivity index (χ0v) is 8.07. The van der Waals surface area contributed by atoms with Gasteiger partial charge in [-0.3, -0.25) is 0 Å². The fourth-order valence-electron chi connectivity index (χ4n) is 1.14. The lowest BCUT2D eigenvalue weighted by atomic mass is 10.2. The molecule has 0 aliphatic carbocycles. The first-order chi connectivity index (χ1) is 6.75. The van der Waals surface area contributed by atoms with Crippen LogP contribution in [0.25, 0.3) is 11.4 Å². The molecule has 0 aliphatic heterocycles. The van der Waals surface area contributed by atoms with Gasteiger partial charge < -0.3 is 5.73 Å². The normalized spacial score (nSPS) is 10.1. The summed E-state index contributed by atoms with van der Waals surface area (Å²) in [6.45, 7) is 0. The zero-order chi connectivity index (χ0) is 9.97. The van der Waals surface area contributed by atoms with Crippen molar-refractivity contribution >= 4 is 17.4 Å². The molecule has 0 saturated carbocycles. The minimum atomic E-state index is 0.454.